The lowest BCUT2D eigenvalue weighted by Gasteiger charge is -2.04. The predicted molar refractivity (Wildman–Crippen MR) is 67.0 cm³/mol. The van der Waals surface area contributed by atoms with Crippen LogP contribution in [-0.4, -0.2) is 13.1 Å². The number of esters is 1. The summed E-state index contributed by atoms with van der Waals surface area (Å²) < 4.78 is 23.2. The monoisotopic (exact) mass is 263 g/mol. The molecular formula is C14H14FNO3. The average molecular weight is 263 g/mol. The van der Waals surface area contributed by atoms with Crippen LogP contribution in [-0.2, 0) is 17.8 Å². The number of furan rings is 1. The summed E-state index contributed by atoms with van der Waals surface area (Å²) in [5.74, 6) is -0.00743. The molecule has 0 saturated heterocycles. The highest BCUT2D eigenvalue weighted by molar-refractivity contribution is 5.86. The van der Waals surface area contributed by atoms with Gasteiger partial charge in [0.25, 0.3) is 0 Å². The number of halogens is 1. The second-order valence-corrected chi connectivity index (χ2v) is 3.95. The predicted octanol–water partition coefficient (Wildman–Crippen LogP) is 2.50. The molecule has 0 saturated carbocycles. The number of rotatable bonds is 5. The van der Waals surface area contributed by atoms with E-state index in [2.05, 4.69) is 10.1 Å². The Balaban J connectivity index is 1.88. The summed E-state index contributed by atoms with van der Waals surface area (Å²) in [6, 6.07) is 9.78. The molecular weight excluding hydrogens is 249 g/mol. The first-order valence-corrected chi connectivity index (χ1v) is 5.82. The molecule has 0 amide bonds. The smallest absolute Gasteiger partial charge is 0.373 e. The van der Waals surface area contributed by atoms with Crippen molar-refractivity contribution < 1.29 is 18.3 Å². The second-order valence-electron chi connectivity index (χ2n) is 3.95. The van der Waals surface area contributed by atoms with E-state index in [1.807, 2.05) is 0 Å². The maximum atomic E-state index is 13.3. The number of nitrogens with one attached hydrogen (secondary N) is 1. The standard InChI is InChI=1S/C14H14FNO3/c1-18-14(17)13-7-6-11(19-13)9-16-8-10-4-2-3-5-12(10)15/h2-7,16H,8-9H2,1H3. The Kier molecular flexibility index (Phi) is 4.30. The Hall–Kier alpha value is -2.14. The van der Waals surface area contributed by atoms with Gasteiger partial charge in [0, 0.05) is 12.1 Å². The zero-order valence-electron chi connectivity index (χ0n) is 10.5. The van der Waals surface area contributed by atoms with E-state index in [0.717, 1.165) is 0 Å². The highest BCUT2D eigenvalue weighted by Crippen LogP contribution is 2.10. The summed E-state index contributed by atoms with van der Waals surface area (Å²) in [5, 5.41) is 3.04. The maximum absolute atomic E-state index is 13.3. The van der Waals surface area contributed by atoms with Crippen LogP contribution in [0.5, 0.6) is 0 Å². The van der Waals surface area contributed by atoms with Crippen LogP contribution in [0.3, 0.4) is 0 Å². The van der Waals surface area contributed by atoms with Crippen molar-refractivity contribution in [3.63, 3.8) is 0 Å². The Morgan fingerprint density at radius 3 is 2.79 bits per heavy atom. The number of benzene rings is 1. The Labute approximate surface area is 110 Å². The normalized spacial score (nSPS) is 10.4. The van der Waals surface area contributed by atoms with E-state index in [9.17, 15) is 9.18 Å². The van der Waals surface area contributed by atoms with Gasteiger partial charge in [-0.15, -0.1) is 0 Å². The summed E-state index contributed by atoms with van der Waals surface area (Å²) >= 11 is 0. The molecule has 1 aromatic heterocycles. The van der Waals surface area contributed by atoms with Crippen LogP contribution in [0.15, 0.2) is 40.8 Å². The van der Waals surface area contributed by atoms with Crippen LogP contribution in [0.1, 0.15) is 21.9 Å². The van der Waals surface area contributed by atoms with E-state index in [-0.39, 0.29) is 11.6 Å². The van der Waals surface area contributed by atoms with Crippen LogP contribution >= 0.6 is 0 Å². The molecule has 1 aromatic carbocycles. The van der Waals surface area contributed by atoms with Gasteiger partial charge in [0.1, 0.15) is 11.6 Å². The van der Waals surface area contributed by atoms with Gasteiger partial charge in [-0.3, -0.25) is 0 Å². The average Bonchev–Trinajstić information content (AvgIpc) is 2.89. The molecule has 0 aliphatic heterocycles. The number of hydrogen-bond donors (Lipinski definition) is 1. The molecule has 1 heterocycles. The van der Waals surface area contributed by atoms with Gasteiger partial charge in [0.2, 0.25) is 5.76 Å². The number of hydrogen-bond acceptors (Lipinski definition) is 4. The van der Waals surface area contributed by atoms with Crippen LogP contribution in [0.4, 0.5) is 4.39 Å². The first kappa shape index (κ1) is 13.3. The molecule has 5 heteroatoms. The minimum atomic E-state index is -0.514. The van der Waals surface area contributed by atoms with Crippen LogP contribution < -0.4 is 5.32 Å². The number of carbonyl (C=O) groups is 1. The highest BCUT2D eigenvalue weighted by atomic mass is 19.1. The topological polar surface area (TPSA) is 51.5 Å². The van der Waals surface area contributed by atoms with Crippen molar-refractivity contribution in [2.75, 3.05) is 7.11 Å². The van der Waals surface area contributed by atoms with E-state index in [1.54, 1.807) is 30.3 Å². The van der Waals surface area contributed by atoms with Gasteiger partial charge < -0.3 is 14.5 Å². The third-order valence-corrected chi connectivity index (χ3v) is 2.62. The maximum Gasteiger partial charge on any atom is 0.373 e. The lowest BCUT2D eigenvalue weighted by molar-refractivity contribution is 0.0563. The fourth-order valence-electron chi connectivity index (χ4n) is 1.65. The van der Waals surface area contributed by atoms with Crippen molar-refractivity contribution in [2.24, 2.45) is 0 Å². The van der Waals surface area contributed by atoms with Crippen LogP contribution in [0, 0.1) is 5.82 Å². The summed E-state index contributed by atoms with van der Waals surface area (Å²) in [7, 11) is 1.29. The molecule has 0 unspecified atom stereocenters. The van der Waals surface area contributed by atoms with Crippen molar-refractivity contribution in [3.8, 4) is 0 Å². The molecule has 0 aliphatic rings. The zero-order chi connectivity index (χ0) is 13.7. The van der Waals surface area contributed by atoms with Crippen LogP contribution in [0.2, 0.25) is 0 Å². The largest absolute Gasteiger partial charge is 0.463 e. The van der Waals surface area contributed by atoms with Gasteiger partial charge in [-0.1, -0.05) is 18.2 Å². The lowest BCUT2D eigenvalue weighted by Crippen LogP contribution is -2.13. The minimum absolute atomic E-state index is 0.158. The number of methoxy groups -OCH3 is 1. The van der Waals surface area contributed by atoms with Crippen LogP contribution in [0.25, 0.3) is 0 Å². The molecule has 100 valence electrons. The molecule has 0 atom stereocenters. The Morgan fingerprint density at radius 2 is 2.05 bits per heavy atom. The molecule has 2 rings (SSSR count). The van der Waals surface area contributed by atoms with Crippen molar-refractivity contribution in [3.05, 3.63) is 59.3 Å². The quantitative estimate of drug-likeness (QED) is 0.842. The van der Waals surface area contributed by atoms with Gasteiger partial charge in [-0.05, 0) is 18.2 Å². The first-order chi connectivity index (χ1) is 9.20. The van der Waals surface area contributed by atoms with Crippen molar-refractivity contribution >= 4 is 5.97 Å². The van der Waals surface area contributed by atoms with Gasteiger partial charge in [0.15, 0.2) is 0 Å². The summed E-state index contributed by atoms with van der Waals surface area (Å²) in [5.41, 5.74) is 0.585. The summed E-state index contributed by atoms with van der Waals surface area (Å²) in [4.78, 5) is 11.2. The molecule has 0 bridgehead atoms. The summed E-state index contributed by atoms with van der Waals surface area (Å²) in [6.45, 7) is 0.798. The molecule has 19 heavy (non-hydrogen) atoms. The van der Waals surface area contributed by atoms with Crippen molar-refractivity contribution in [1.29, 1.82) is 0 Å². The van der Waals surface area contributed by atoms with Crippen molar-refractivity contribution in [1.82, 2.24) is 5.32 Å². The second kappa shape index (κ2) is 6.15. The van der Waals surface area contributed by atoms with E-state index >= 15 is 0 Å². The highest BCUT2D eigenvalue weighted by Gasteiger charge is 2.10. The lowest BCUT2D eigenvalue weighted by atomic mass is 10.2. The minimum Gasteiger partial charge on any atom is -0.463 e. The zero-order valence-corrected chi connectivity index (χ0v) is 10.5. The van der Waals surface area contributed by atoms with Gasteiger partial charge >= 0.3 is 5.97 Å². The Morgan fingerprint density at radius 1 is 1.26 bits per heavy atom. The first-order valence-electron chi connectivity index (χ1n) is 5.82. The number of ether oxygens (including phenoxy) is 1. The van der Waals surface area contributed by atoms with E-state index in [4.69, 9.17) is 4.42 Å². The summed E-state index contributed by atoms with van der Waals surface area (Å²) in [6.07, 6.45) is 0. The van der Waals surface area contributed by atoms with E-state index in [0.29, 0.717) is 24.4 Å². The molecule has 4 nitrogen and oxygen atoms in total. The van der Waals surface area contributed by atoms with Crippen molar-refractivity contribution in [2.45, 2.75) is 13.1 Å². The number of carbonyl (C=O) groups excluding carboxylic acids is 1. The third kappa shape index (κ3) is 3.42. The molecule has 0 aliphatic carbocycles. The van der Waals surface area contributed by atoms with Gasteiger partial charge in [0.05, 0.1) is 13.7 Å². The van der Waals surface area contributed by atoms with E-state index in [1.165, 1.54) is 13.2 Å². The molecule has 0 spiro atoms. The van der Waals surface area contributed by atoms with Gasteiger partial charge in [-0.25, -0.2) is 9.18 Å². The fourth-order valence-corrected chi connectivity index (χ4v) is 1.65. The molecule has 0 radical (unpaired) electrons. The van der Waals surface area contributed by atoms with E-state index < -0.39 is 5.97 Å². The van der Waals surface area contributed by atoms with Gasteiger partial charge in [-0.2, -0.15) is 0 Å². The molecule has 0 fully saturated rings. The fraction of sp³-hybridized carbons (Fsp3) is 0.214. The SMILES string of the molecule is COC(=O)c1ccc(CNCc2ccccc2F)o1. The Bertz CT molecular complexity index is 565. The third-order valence-electron chi connectivity index (χ3n) is 2.62. The molecule has 2 aromatic rings. The molecule has 1 N–H and O–H groups in total.